The highest BCUT2D eigenvalue weighted by molar-refractivity contribution is 7.91. The first-order chi connectivity index (χ1) is 9.09. The summed E-state index contributed by atoms with van der Waals surface area (Å²) in [6.07, 6.45) is 3.01. The highest BCUT2D eigenvalue weighted by Crippen LogP contribution is 2.28. The summed E-state index contributed by atoms with van der Waals surface area (Å²) in [6, 6.07) is 3.68. The summed E-state index contributed by atoms with van der Waals surface area (Å²) in [6.45, 7) is 0. The van der Waals surface area contributed by atoms with Crippen molar-refractivity contribution in [3.05, 3.63) is 24.2 Å². The van der Waals surface area contributed by atoms with Gasteiger partial charge in [0.2, 0.25) is 0 Å². The molecule has 0 radical (unpaired) electrons. The number of aromatic nitrogens is 3. The Morgan fingerprint density at radius 1 is 1.37 bits per heavy atom. The minimum Gasteiger partial charge on any atom is -0.493 e. The lowest BCUT2D eigenvalue weighted by Gasteiger charge is -2.18. The van der Waals surface area contributed by atoms with Gasteiger partial charge in [-0.2, -0.15) is 5.10 Å². The van der Waals surface area contributed by atoms with Gasteiger partial charge in [-0.05, 0) is 25.0 Å². The summed E-state index contributed by atoms with van der Waals surface area (Å²) in [5.74, 6) is 1.95. The number of sulfone groups is 1. The number of pyridine rings is 1. The zero-order valence-electron chi connectivity index (χ0n) is 10.6. The minimum absolute atomic E-state index is 0.119. The van der Waals surface area contributed by atoms with Crippen molar-refractivity contribution in [3.8, 4) is 5.75 Å². The number of fused-ring (bicyclic) bond motifs is 1. The predicted molar refractivity (Wildman–Crippen MR) is 70.2 cm³/mol. The highest BCUT2D eigenvalue weighted by atomic mass is 32.2. The molecule has 1 aliphatic rings. The Morgan fingerprint density at radius 2 is 2.11 bits per heavy atom. The second-order valence-corrected chi connectivity index (χ2v) is 7.04. The van der Waals surface area contributed by atoms with Crippen LogP contribution >= 0.6 is 0 Å². The summed E-state index contributed by atoms with van der Waals surface area (Å²) in [5.41, 5.74) is 0.674. The average Bonchev–Trinajstić information content (AvgIpc) is 2.82. The van der Waals surface area contributed by atoms with E-state index in [1.165, 1.54) is 0 Å². The third-order valence-electron chi connectivity index (χ3n) is 3.48. The fourth-order valence-corrected chi connectivity index (χ4v) is 3.87. The quantitative estimate of drug-likeness (QED) is 0.822. The summed E-state index contributed by atoms with van der Waals surface area (Å²) in [5, 5.41) is 4.42. The molecule has 1 saturated heterocycles. The Kier molecular flexibility index (Phi) is 2.93. The van der Waals surface area contributed by atoms with Gasteiger partial charge in [-0.1, -0.05) is 0 Å². The Labute approximate surface area is 111 Å². The van der Waals surface area contributed by atoms with Crippen LogP contribution < -0.4 is 4.74 Å². The van der Waals surface area contributed by atoms with Gasteiger partial charge in [0.1, 0.15) is 9.84 Å². The normalized spacial score (nSPS) is 19.6. The topological polar surface area (TPSA) is 73.6 Å². The number of nitrogens with zero attached hydrogens (tertiary/aromatic N) is 3. The van der Waals surface area contributed by atoms with E-state index in [2.05, 4.69) is 10.1 Å². The Bertz CT molecular complexity index is 694. The molecule has 0 N–H and O–H groups in total. The van der Waals surface area contributed by atoms with E-state index in [9.17, 15) is 8.42 Å². The van der Waals surface area contributed by atoms with Crippen molar-refractivity contribution in [2.45, 2.75) is 18.8 Å². The maximum atomic E-state index is 11.4. The van der Waals surface area contributed by atoms with Crippen LogP contribution in [0.5, 0.6) is 5.75 Å². The van der Waals surface area contributed by atoms with E-state index >= 15 is 0 Å². The fraction of sp³-hybridized carbons (Fsp3) is 0.500. The molecule has 2 aromatic rings. The SMILES string of the molecule is COc1cccn2nc(C3CCS(=O)(=O)CC3)nc12. The molecule has 0 bridgehead atoms. The van der Waals surface area contributed by atoms with Gasteiger partial charge in [0, 0.05) is 12.1 Å². The Hall–Kier alpha value is -1.63. The fourth-order valence-electron chi connectivity index (χ4n) is 2.38. The van der Waals surface area contributed by atoms with Gasteiger partial charge in [-0.3, -0.25) is 0 Å². The van der Waals surface area contributed by atoms with Gasteiger partial charge < -0.3 is 4.74 Å². The van der Waals surface area contributed by atoms with Crippen molar-refractivity contribution in [2.75, 3.05) is 18.6 Å². The van der Waals surface area contributed by atoms with Crippen LogP contribution in [0.1, 0.15) is 24.6 Å². The summed E-state index contributed by atoms with van der Waals surface area (Å²) in [7, 11) is -1.26. The van der Waals surface area contributed by atoms with Crippen molar-refractivity contribution < 1.29 is 13.2 Å². The third kappa shape index (κ3) is 2.30. The zero-order chi connectivity index (χ0) is 13.5. The smallest absolute Gasteiger partial charge is 0.198 e. The molecule has 0 saturated carbocycles. The lowest BCUT2D eigenvalue weighted by molar-refractivity contribution is 0.416. The molecule has 3 heterocycles. The number of rotatable bonds is 2. The molecule has 3 rings (SSSR count). The second kappa shape index (κ2) is 4.48. The molecule has 7 heteroatoms. The second-order valence-electron chi connectivity index (χ2n) is 4.74. The number of ether oxygens (including phenoxy) is 1. The molecule has 0 unspecified atom stereocenters. The summed E-state index contributed by atoms with van der Waals surface area (Å²) < 4.78 is 29.8. The molecule has 1 aliphatic heterocycles. The molecule has 0 amide bonds. The van der Waals surface area contributed by atoms with Crippen molar-refractivity contribution in [1.29, 1.82) is 0 Å². The number of methoxy groups -OCH3 is 1. The van der Waals surface area contributed by atoms with Crippen molar-refractivity contribution in [3.63, 3.8) is 0 Å². The van der Waals surface area contributed by atoms with Gasteiger partial charge in [0.05, 0.1) is 18.6 Å². The van der Waals surface area contributed by atoms with E-state index < -0.39 is 9.84 Å². The first-order valence-electron chi connectivity index (χ1n) is 6.19. The van der Waals surface area contributed by atoms with E-state index in [-0.39, 0.29) is 17.4 Å². The summed E-state index contributed by atoms with van der Waals surface area (Å²) in [4.78, 5) is 4.49. The molecule has 0 aromatic carbocycles. The van der Waals surface area contributed by atoms with Gasteiger partial charge in [-0.15, -0.1) is 0 Å². The molecule has 0 atom stereocenters. The monoisotopic (exact) mass is 281 g/mol. The first kappa shape index (κ1) is 12.4. The van der Waals surface area contributed by atoms with Crippen LogP contribution in [0.4, 0.5) is 0 Å². The van der Waals surface area contributed by atoms with E-state index in [0.717, 1.165) is 0 Å². The number of hydrogen-bond acceptors (Lipinski definition) is 5. The Balaban J connectivity index is 1.94. The van der Waals surface area contributed by atoms with Gasteiger partial charge in [0.25, 0.3) is 0 Å². The van der Waals surface area contributed by atoms with Crippen LogP contribution in [0.15, 0.2) is 18.3 Å². The molecule has 2 aromatic heterocycles. The Morgan fingerprint density at radius 3 is 2.79 bits per heavy atom. The summed E-state index contributed by atoms with van der Waals surface area (Å²) >= 11 is 0. The molecule has 0 aliphatic carbocycles. The van der Waals surface area contributed by atoms with Crippen molar-refractivity contribution in [1.82, 2.24) is 14.6 Å². The standard InChI is InChI=1S/C12H15N3O3S/c1-18-10-3-2-6-15-12(10)13-11(14-15)9-4-7-19(16,17)8-5-9/h2-3,6,9H,4-5,7-8H2,1H3. The van der Waals surface area contributed by atoms with Crippen LogP contribution in [-0.2, 0) is 9.84 Å². The van der Waals surface area contributed by atoms with E-state index in [1.807, 2.05) is 18.3 Å². The number of hydrogen-bond donors (Lipinski definition) is 0. The maximum absolute atomic E-state index is 11.4. The van der Waals surface area contributed by atoms with Gasteiger partial charge >= 0.3 is 0 Å². The van der Waals surface area contributed by atoms with E-state index in [0.29, 0.717) is 30.1 Å². The van der Waals surface area contributed by atoms with Crippen molar-refractivity contribution in [2.24, 2.45) is 0 Å². The van der Waals surface area contributed by atoms with Gasteiger partial charge in [0.15, 0.2) is 17.2 Å². The average molecular weight is 281 g/mol. The maximum Gasteiger partial charge on any atom is 0.198 e. The molecule has 1 fully saturated rings. The van der Waals surface area contributed by atoms with Crippen LogP contribution in [-0.4, -0.2) is 41.6 Å². The third-order valence-corrected chi connectivity index (χ3v) is 5.20. The van der Waals surface area contributed by atoms with Crippen LogP contribution in [0.3, 0.4) is 0 Å². The van der Waals surface area contributed by atoms with Gasteiger partial charge in [-0.25, -0.2) is 17.9 Å². The minimum atomic E-state index is -2.85. The first-order valence-corrected chi connectivity index (χ1v) is 8.01. The molecular weight excluding hydrogens is 266 g/mol. The molecular formula is C12H15N3O3S. The molecule has 102 valence electrons. The highest BCUT2D eigenvalue weighted by Gasteiger charge is 2.27. The van der Waals surface area contributed by atoms with E-state index in [1.54, 1.807) is 11.6 Å². The molecule has 6 nitrogen and oxygen atoms in total. The lowest BCUT2D eigenvalue weighted by Crippen LogP contribution is -2.22. The largest absolute Gasteiger partial charge is 0.493 e. The van der Waals surface area contributed by atoms with Crippen LogP contribution in [0, 0.1) is 0 Å². The molecule has 19 heavy (non-hydrogen) atoms. The van der Waals surface area contributed by atoms with Crippen LogP contribution in [0.25, 0.3) is 5.65 Å². The van der Waals surface area contributed by atoms with Crippen molar-refractivity contribution >= 4 is 15.5 Å². The lowest BCUT2D eigenvalue weighted by atomic mass is 10.0. The zero-order valence-corrected chi connectivity index (χ0v) is 11.4. The molecule has 0 spiro atoms. The predicted octanol–water partition coefficient (Wildman–Crippen LogP) is 1.03. The van der Waals surface area contributed by atoms with E-state index in [4.69, 9.17) is 4.74 Å². The van der Waals surface area contributed by atoms with Crippen LogP contribution in [0.2, 0.25) is 0 Å².